The van der Waals surface area contributed by atoms with Gasteiger partial charge in [-0.15, -0.1) is 0 Å². The summed E-state index contributed by atoms with van der Waals surface area (Å²) in [5, 5.41) is 6.84. The van der Waals surface area contributed by atoms with Crippen molar-refractivity contribution < 1.29 is 4.74 Å². The van der Waals surface area contributed by atoms with Crippen LogP contribution >= 0.6 is 0 Å². The van der Waals surface area contributed by atoms with Gasteiger partial charge < -0.3 is 20.3 Å². The van der Waals surface area contributed by atoms with Gasteiger partial charge in [-0.3, -0.25) is 4.99 Å². The van der Waals surface area contributed by atoms with Crippen molar-refractivity contribution in [3.63, 3.8) is 0 Å². The van der Waals surface area contributed by atoms with Gasteiger partial charge in [-0.05, 0) is 43.1 Å². The minimum atomic E-state index is 0.196. The normalized spacial score (nSPS) is 14.5. The Morgan fingerprint density at radius 1 is 1.29 bits per heavy atom. The Bertz CT molecular complexity index is 566. The van der Waals surface area contributed by atoms with Gasteiger partial charge in [0, 0.05) is 33.1 Å². The highest BCUT2D eigenvalue weighted by Gasteiger charge is 2.19. The van der Waals surface area contributed by atoms with Crippen molar-refractivity contribution in [3.05, 3.63) is 29.3 Å². The molecule has 1 heterocycles. The zero-order chi connectivity index (χ0) is 17.6. The summed E-state index contributed by atoms with van der Waals surface area (Å²) in [5.74, 6) is 1.92. The van der Waals surface area contributed by atoms with E-state index in [1.165, 1.54) is 11.1 Å². The molecule has 134 valence electrons. The lowest BCUT2D eigenvalue weighted by molar-refractivity contribution is 0.241. The molecule has 1 aromatic carbocycles. The largest absolute Gasteiger partial charge is 0.493 e. The molecule has 1 aliphatic heterocycles. The number of guanidine groups is 1. The number of nitrogens with one attached hydrogen (secondary N) is 2. The first-order valence-corrected chi connectivity index (χ1v) is 8.73. The quantitative estimate of drug-likeness (QED) is 0.592. The summed E-state index contributed by atoms with van der Waals surface area (Å²) >= 11 is 0. The van der Waals surface area contributed by atoms with Crippen molar-refractivity contribution in [2.75, 3.05) is 47.4 Å². The summed E-state index contributed by atoms with van der Waals surface area (Å²) in [6.07, 6.45) is 2.01. The Hall–Kier alpha value is -1.75. The number of fused-ring (bicyclic) bond motifs is 1. The molecule has 0 aliphatic carbocycles. The van der Waals surface area contributed by atoms with Gasteiger partial charge >= 0.3 is 0 Å². The fourth-order valence-electron chi connectivity index (χ4n) is 3.18. The Kier molecular flexibility index (Phi) is 6.49. The summed E-state index contributed by atoms with van der Waals surface area (Å²) in [4.78, 5) is 6.54. The molecule has 0 atom stereocenters. The fourth-order valence-corrected chi connectivity index (χ4v) is 3.18. The van der Waals surface area contributed by atoms with Gasteiger partial charge in [0.15, 0.2) is 5.96 Å². The molecule has 24 heavy (non-hydrogen) atoms. The molecule has 0 bridgehead atoms. The molecule has 0 aromatic heterocycles. The van der Waals surface area contributed by atoms with Crippen LogP contribution in [-0.4, -0.2) is 58.2 Å². The number of ether oxygens (including phenoxy) is 1. The van der Waals surface area contributed by atoms with Crippen LogP contribution in [0.5, 0.6) is 5.75 Å². The van der Waals surface area contributed by atoms with E-state index in [0.29, 0.717) is 0 Å². The second-order valence-corrected chi connectivity index (χ2v) is 7.55. The van der Waals surface area contributed by atoms with Gasteiger partial charge in [0.05, 0.1) is 6.61 Å². The van der Waals surface area contributed by atoms with Crippen molar-refractivity contribution in [2.24, 2.45) is 10.4 Å². The Morgan fingerprint density at radius 3 is 2.79 bits per heavy atom. The number of hydrogen-bond acceptors (Lipinski definition) is 3. The van der Waals surface area contributed by atoms with E-state index >= 15 is 0 Å². The third kappa shape index (κ3) is 5.71. The topological polar surface area (TPSA) is 48.9 Å². The van der Waals surface area contributed by atoms with Crippen molar-refractivity contribution in [2.45, 2.75) is 26.7 Å². The standard InChI is InChI=1S/C19H32N4O/c1-19(2,14-23(4)5)13-22-18(20-3)21-10-8-15-6-7-17-16(12-15)9-11-24-17/h6-7,12H,8-11,13-14H2,1-5H3,(H2,20,21,22). The second-order valence-electron chi connectivity index (χ2n) is 7.55. The highest BCUT2D eigenvalue weighted by Crippen LogP contribution is 2.25. The van der Waals surface area contributed by atoms with E-state index in [2.05, 4.69) is 66.7 Å². The van der Waals surface area contributed by atoms with E-state index in [4.69, 9.17) is 4.74 Å². The van der Waals surface area contributed by atoms with E-state index < -0.39 is 0 Å². The number of benzene rings is 1. The van der Waals surface area contributed by atoms with Crippen LogP contribution in [0, 0.1) is 5.41 Å². The van der Waals surface area contributed by atoms with Crippen molar-refractivity contribution >= 4 is 5.96 Å². The van der Waals surface area contributed by atoms with Gasteiger partial charge in [-0.2, -0.15) is 0 Å². The van der Waals surface area contributed by atoms with E-state index in [1.54, 1.807) is 0 Å². The number of hydrogen-bond donors (Lipinski definition) is 2. The van der Waals surface area contributed by atoms with Crippen LogP contribution in [0.4, 0.5) is 0 Å². The zero-order valence-electron chi connectivity index (χ0n) is 15.8. The highest BCUT2D eigenvalue weighted by molar-refractivity contribution is 5.79. The summed E-state index contributed by atoms with van der Waals surface area (Å²) in [6, 6.07) is 6.51. The van der Waals surface area contributed by atoms with E-state index in [9.17, 15) is 0 Å². The third-order valence-electron chi connectivity index (χ3n) is 4.16. The molecule has 0 unspecified atom stereocenters. The lowest BCUT2D eigenvalue weighted by Crippen LogP contribution is -2.45. The molecule has 0 fully saturated rings. The van der Waals surface area contributed by atoms with E-state index in [0.717, 1.165) is 50.8 Å². The molecular weight excluding hydrogens is 300 g/mol. The second kappa shape index (κ2) is 8.38. The Morgan fingerprint density at radius 2 is 2.08 bits per heavy atom. The highest BCUT2D eigenvalue weighted by atomic mass is 16.5. The van der Waals surface area contributed by atoms with Crippen LogP contribution < -0.4 is 15.4 Å². The van der Waals surface area contributed by atoms with Crippen LogP contribution in [0.2, 0.25) is 0 Å². The fraction of sp³-hybridized carbons (Fsp3) is 0.632. The maximum atomic E-state index is 5.56. The van der Waals surface area contributed by atoms with Gasteiger partial charge in [-0.25, -0.2) is 0 Å². The van der Waals surface area contributed by atoms with Crippen LogP contribution in [0.15, 0.2) is 23.2 Å². The summed E-state index contributed by atoms with van der Waals surface area (Å²) < 4.78 is 5.56. The van der Waals surface area contributed by atoms with Gasteiger partial charge in [-0.1, -0.05) is 26.0 Å². The van der Waals surface area contributed by atoms with Crippen LogP contribution in [0.3, 0.4) is 0 Å². The summed E-state index contributed by atoms with van der Waals surface area (Å²) in [6.45, 7) is 8.14. The average molecular weight is 332 g/mol. The van der Waals surface area contributed by atoms with Crippen LogP contribution in [0.25, 0.3) is 0 Å². The molecule has 0 radical (unpaired) electrons. The van der Waals surface area contributed by atoms with Crippen molar-refractivity contribution in [1.29, 1.82) is 0 Å². The minimum Gasteiger partial charge on any atom is -0.493 e. The maximum absolute atomic E-state index is 5.56. The van der Waals surface area contributed by atoms with Gasteiger partial charge in [0.2, 0.25) is 0 Å². The molecule has 5 heteroatoms. The van der Waals surface area contributed by atoms with E-state index in [-0.39, 0.29) is 5.41 Å². The van der Waals surface area contributed by atoms with Gasteiger partial charge in [0.1, 0.15) is 5.75 Å². The van der Waals surface area contributed by atoms with E-state index in [1.807, 2.05) is 7.05 Å². The number of aliphatic imine (C=N–C) groups is 1. The zero-order valence-corrected chi connectivity index (χ0v) is 15.8. The molecule has 0 saturated carbocycles. The van der Waals surface area contributed by atoms with Crippen molar-refractivity contribution in [1.82, 2.24) is 15.5 Å². The summed E-state index contributed by atoms with van der Waals surface area (Å²) in [7, 11) is 6.04. The first-order valence-electron chi connectivity index (χ1n) is 8.73. The first-order chi connectivity index (χ1) is 11.4. The van der Waals surface area contributed by atoms with Crippen LogP contribution in [-0.2, 0) is 12.8 Å². The predicted octanol–water partition coefficient (Wildman–Crippen LogP) is 1.92. The van der Waals surface area contributed by atoms with Crippen LogP contribution in [0.1, 0.15) is 25.0 Å². The molecule has 0 saturated heterocycles. The molecular formula is C19H32N4O. The third-order valence-corrected chi connectivity index (χ3v) is 4.16. The lowest BCUT2D eigenvalue weighted by atomic mass is 9.93. The smallest absolute Gasteiger partial charge is 0.191 e. The summed E-state index contributed by atoms with van der Waals surface area (Å²) in [5.41, 5.74) is 2.87. The number of rotatable bonds is 7. The molecule has 2 N–H and O–H groups in total. The molecule has 0 amide bonds. The molecule has 1 aromatic rings. The molecule has 0 spiro atoms. The maximum Gasteiger partial charge on any atom is 0.191 e. The molecule has 2 rings (SSSR count). The molecule has 5 nitrogen and oxygen atoms in total. The molecule has 1 aliphatic rings. The van der Waals surface area contributed by atoms with Crippen molar-refractivity contribution in [3.8, 4) is 5.75 Å². The first kappa shape index (κ1) is 18.6. The number of nitrogens with zero attached hydrogens (tertiary/aromatic N) is 2. The SMILES string of the molecule is CN=C(NCCc1ccc2c(c1)CCO2)NCC(C)(C)CN(C)C. The Labute approximate surface area is 146 Å². The minimum absolute atomic E-state index is 0.196. The Balaban J connectivity index is 1.75. The predicted molar refractivity (Wildman–Crippen MR) is 101 cm³/mol. The monoisotopic (exact) mass is 332 g/mol. The lowest BCUT2D eigenvalue weighted by Gasteiger charge is -2.29. The average Bonchev–Trinajstić information content (AvgIpc) is 2.97. The van der Waals surface area contributed by atoms with Gasteiger partial charge in [0.25, 0.3) is 0 Å².